The molecule has 0 saturated carbocycles. The molecule has 0 aliphatic heterocycles. The number of nitrogens with one attached hydrogen (secondary N) is 4. The SMILES string of the molecule is CC.CC.CCNCCCNCCCNCCCNCc1ccc(C(C)C)cc1. The van der Waals surface area contributed by atoms with Crippen LogP contribution in [0.4, 0.5) is 0 Å². The predicted molar refractivity (Wildman–Crippen MR) is 133 cm³/mol. The molecule has 0 atom stereocenters. The summed E-state index contributed by atoms with van der Waals surface area (Å²) in [4.78, 5) is 0. The van der Waals surface area contributed by atoms with Crippen LogP contribution in [-0.4, -0.2) is 45.8 Å². The van der Waals surface area contributed by atoms with Gasteiger partial charge in [0.2, 0.25) is 0 Å². The molecule has 0 unspecified atom stereocenters. The minimum atomic E-state index is 0.612. The van der Waals surface area contributed by atoms with Gasteiger partial charge in [-0.15, -0.1) is 0 Å². The molecule has 0 aliphatic carbocycles. The molecule has 1 aromatic carbocycles. The lowest BCUT2D eigenvalue weighted by atomic mass is 10.0. The van der Waals surface area contributed by atoms with Crippen molar-refractivity contribution in [1.82, 2.24) is 21.3 Å². The molecule has 4 N–H and O–H groups in total. The van der Waals surface area contributed by atoms with Gasteiger partial charge < -0.3 is 21.3 Å². The first kappa shape index (κ1) is 30.3. The molecule has 0 fully saturated rings. The summed E-state index contributed by atoms with van der Waals surface area (Å²) in [5.41, 5.74) is 2.79. The number of benzene rings is 1. The van der Waals surface area contributed by atoms with E-state index in [1.54, 1.807) is 0 Å². The zero-order valence-electron chi connectivity index (χ0n) is 20.7. The molecule has 4 heteroatoms. The minimum absolute atomic E-state index is 0.612. The Hall–Kier alpha value is -0.940. The molecule has 172 valence electrons. The van der Waals surface area contributed by atoms with Crippen LogP contribution in [0.3, 0.4) is 0 Å². The Kier molecular flexibility index (Phi) is 26.2. The average molecular weight is 409 g/mol. The highest BCUT2D eigenvalue weighted by Gasteiger charge is 1.98. The molecule has 0 aromatic heterocycles. The van der Waals surface area contributed by atoms with Gasteiger partial charge in [-0.1, -0.05) is 72.7 Å². The summed E-state index contributed by atoms with van der Waals surface area (Å²) >= 11 is 0. The summed E-state index contributed by atoms with van der Waals surface area (Å²) in [6.45, 7) is 23.3. The molecular formula is C25H52N4. The second kappa shape index (κ2) is 25.1. The van der Waals surface area contributed by atoms with Gasteiger partial charge in [-0.2, -0.15) is 0 Å². The van der Waals surface area contributed by atoms with Crippen molar-refractivity contribution >= 4 is 0 Å². The van der Waals surface area contributed by atoms with Crippen LogP contribution in [0.25, 0.3) is 0 Å². The van der Waals surface area contributed by atoms with Crippen LogP contribution in [0.15, 0.2) is 24.3 Å². The summed E-state index contributed by atoms with van der Waals surface area (Å²) in [5.74, 6) is 0.612. The monoisotopic (exact) mass is 408 g/mol. The number of hydrogen-bond donors (Lipinski definition) is 4. The lowest BCUT2D eigenvalue weighted by molar-refractivity contribution is 0.554. The fraction of sp³-hybridized carbons (Fsp3) is 0.760. The van der Waals surface area contributed by atoms with Crippen LogP contribution in [0.5, 0.6) is 0 Å². The smallest absolute Gasteiger partial charge is 0.0205 e. The van der Waals surface area contributed by atoms with E-state index in [4.69, 9.17) is 0 Å². The van der Waals surface area contributed by atoms with Gasteiger partial charge in [0.15, 0.2) is 0 Å². The highest BCUT2D eigenvalue weighted by atomic mass is 14.9. The molecule has 1 aromatic rings. The zero-order chi connectivity index (χ0) is 22.2. The van der Waals surface area contributed by atoms with Crippen molar-refractivity contribution in [2.75, 3.05) is 45.8 Å². The Labute approximate surface area is 183 Å². The van der Waals surface area contributed by atoms with Crippen molar-refractivity contribution in [3.8, 4) is 0 Å². The summed E-state index contributed by atoms with van der Waals surface area (Å²) in [5, 5.41) is 13.9. The lowest BCUT2D eigenvalue weighted by Gasteiger charge is -2.09. The third kappa shape index (κ3) is 20.1. The maximum Gasteiger partial charge on any atom is 0.0205 e. The van der Waals surface area contributed by atoms with E-state index >= 15 is 0 Å². The second-order valence-corrected chi connectivity index (χ2v) is 6.99. The van der Waals surface area contributed by atoms with Crippen molar-refractivity contribution in [3.05, 3.63) is 35.4 Å². The van der Waals surface area contributed by atoms with Crippen molar-refractivity contribution in [1.29, 1.82) is 0 Å². The Balaban J connectivity index is 0. The van der Waals surface area contributed by atoms with Gasteiger partial charge >= 0.3 is 0 Å². The lowest BCUT2D eigenvalue weighted by Crippen LogP contribution is -2.26. The molecule has 0 spiro atoms. The normalized spacial score (nSPS) is 10.2. The second-order valence-electron chi connectivity index (χ2n) is 6.99. The van der Waals surface area contributed by atoms with E-state index in [0.29, 0.717) is 5.92 Å². The molecular weight excluding hydrogens is 356 g/mol. The first-order chi connectivity index (χ1) is 14.2. The predicted octanol–water partition coefficient (Wildman–Crippen LogP) is 4.91. The minimum Gasteiger partial charge on any atom is -0.317 e. The molecule has 0 amide bonds. The van der Waals surface area contributed by atoms with Gasteiger partial charge in [-0.3, -0.25) is 0 Å². The van der Waals surface area contributed by atoms with Gasteiger partial charge in [-0.25, -0.2) is 0 Å². The molecule has 0 radical (unpaired) electrons. The highest BCUT2D eigenvalue weighted by molar-refractivity contribution is 5.24. The van der Waals surface area contributed by atoms with E-state index in [9.17, 15) is 0 Å². The average Bonchev–Trinajstić information content (AvgIpc) is 2.77. The molecule has 29 heavy (non-hydrogen) atoms. The summed E-state index contributed by atoms with van der Waals surface area (Å²) in [6, 6.07) is 8.98. The van der Waals surface area contributed by atoms with Crippen molar-refractivity contribution in [2.45, 2.75) is 80.2 Å². The Morgan fingerprint density at radius 3 is 1.45 bits per heavy atom. The van der Waals surface area contributed by atoms with Crippen LogP contribution < -0.4 is 21.3 Å². The van der Waals surface area contributed by atoms with Gasteiger partial charge in [0.05, 0.1) is 0 Å². The fourth-order valence-electron chi connectivity index (χ4n) is 2.70. The first-order valence-corrected chi connectivity index (χ1v) is 12.2. The Morgan fingerprint density at radius 1 is 0.621 bits per heavy atom. The summed E-state index contributed by atoms with van der Waals surface area (Å²) in [7, 11) is 0. The third-order valence-corrected chi connectivity index (χ3v) is 4.35. The maximum atomic E-state index is 3.53. The van der Waals surface area contributed by atoms with Crippen LogP contribution in [-0.2, 0) is 6.54 Å². The molecule has 4 nitrogen and oxygen atoms in total. The van der Waals surface area contributed by atoms with Crippen LogP contribution >= 0.6 is 0 Å². The van der Waals surface area contributed by atoms with Gasteiger partial charge in [-0.05, 0) is 82.1 Å². The van der Waals surface area contributed by atoms with E-state index in [1.807, 2.05) is 27.7 Å². The van der Waals surface area contributed by atoms with Gasteiger partial charge in [0.25, 0.3) is 0 Å². The van der Waals surface area contributed by atoms with Crippen LogP contribution in [0.2, 0.25) is 0 Å². The topological polar surface area (TPSA) is 48.1 Å². The Bertz CT molecular complexity index is 404. The van der Waals surface area contributed by atoms with Crippen LogP contribution in [0.1, 0.15) is 84.8 Å². The van der Waals surface area contributed by atoms with Crippen LogP contribution in [0, 0.1) is 0 Å². The quantitative estimate of drug-likeness (QED) is 0.294. The van der Waals surface area contributed by atoms with E-state index in [1.165, 1.54) is 30.4 Å². The standard InChI is InChI=1S/C21H40N4.2C2H6/c1-4-22-12-5-13-23-14-6-15-24-16-7-17-25-18-20-8-10-21(11-9-20)19(2)3;2*1-2/h8-11,19,22-25H,4-7,12-18H2,1-3H3;2*1-2H3. The maximum absolute atomic E-state index is 3.53. The first-order valence-electron chi connectivity index (χ1n) is 12.2. The van der Waals surface area contributed by atoms with E-state index < -0.39 is 0 Å². The summed E-state index contributed by atoms with van der Waals surface area (Å²) < 4.78 is 0. The van der Waals surface area contributed by atoms with Crippen molar-refractivity contribution in [2.24, 2.45) is 0 Å². The molecule has 0 bridgehead atoms. The van der Waals surface area contributed by atoms with E-state index in [2.05, 4.69) is 66.3 Å². The third-order valence-electron chi connectivity index (χ3n) is 4.35. The molecule has 0 heterocycles. The van der Waals surface area contributed by atoms with Gasteiger partial charge in [0, 0.05) is 6.54 Å². The van der Waals surface area contributed by atoms with E-state index in [0.717, 1.165) is 52.4 Å². The molecule has 1 rings (SSSR count). The fourth-order valence-corrected chi connectivity index (χ4v) is 2.70. The van der Waals surface area contributed by atoms with Crippen molar-refractivity contribution < 1.29 is 0 Å². The highest BCUT2D eigenvalue weighted by Crippen LogP contribution is 2.14. The zero-order valence-corrected chi connectivity index (χ0v) is 20.7. The number of hydrogen-bond acceptors (Lipinski definition) is 4. The van der Waals surface area contributed by atoms with E-state index in [-0.39, 0.29) is 0 Å². The number of rotatable bonds is 16. The van der Waals surface area contributed by atoms with Gasteiger partial charge in [0.1, 0.15) is 0 Å². The Morgan fingerprint density at radius 2 is 1.03 bits per heavy atom. The molecule has 0 aliphatic rings. The largest absolute Gasteiger partial charge is 0.317 e. The summed E-state index contributed by atoms with van der Waals surface area (Å²) in [6.07, 6.45) is 3.60. The molecule has 0 saturated heterocycles. The van der Waals surface area contributed by atoms with Crippen molar-refractivity contribution in [3.63, 3.8) is 0 Å².